The lowest BCUT2D eigenvalue weighted by Gasteiger charge is -2.28. The molecule has 0 atom stereocenters. The Kier molecular flexibility index (Phi) is 5.11. The van der Waals surface area contributed by atoms with Crippen molar-refractivity contribution in [2.45, 2.75) is 19.9 Å². The van der Waals surface area contributed by atoms with E-state index >= 15 is 0 Å². The minimum absolute atomic E-state index is 0.325. The van der Waals surface area contributed by atoms with Crippen LogP contribution in [0.25, 0.3) is 12.2 Å². The number of oxazole rings is 1. The van der Waals surface area contributed by atoms with Crippen LogP contribution in [0.4, 0.5) is 5.88 Å². The summed E-state index contributed by atoms with van der Waals surface area (Å²) in [7, 11) is 0. The van der Waals surface area contributed by atoms with Gasteiger partial charge in [-0.25, -0.2) is 0 Å². The second-order valence-corrected chi connectivity index (χ2v) is 6.59. The summed E-state index contributed by atoms with van der Waals surface area (Å²) < 4.78 is 11.4. The van der Waals surface area contributed by atoms with Crippen molar-refractivity contribution in [2.75, 3.05) is 18.1 Å². The molecule has 0 bridgehead atoms. The number of fused-ring (bicyclic) bond motifs is 1. The molecule has 0 amide bonds. The van der Waals surface area contributed by atoms with Gasteiger partial charge in [-0.1, -0.05) is 36.4 Å². The van der Waals surface area contributed by atoms with E-state index in [0.29, 0.717) is 24.1 Å². The van der Waals surface area contributed by atoms with Gasteiger partial charge in [0, 0.05) is 19.2 Å². The maximum absolute atomic E-state index is 9.49. The van der Waals surface area contributed by atoms with E-state index in [1.165, 1.54) is 11.1 Å². The van der Waals surface area contributed by atoms with Crippen molar-refractivity contribution in [1.29, 1.82) is 5.26 Å². The van der Waals surface area contributed by atoms with Gasteiger partial charge in [0.15, 0.2) is 0 Å². The number of nitriles is 1. The summed E-state index contributed by atoms with van der Waals surface area (Å²) in [6.07, 6.45) is 4.63. The summed E-state index contributed by atoms with van der Waals surface area (Å²) in [5, 5.41) is 9.49. The van der Waals surface area contributed by atoms with E-state index in [4.69, 9.17) is 9.15 Å². The van der Waals surface area contributed by atoms with Crippen LogP contribution in [0.15, 0.2) is 52.9 Å². The molecule has 1 aliphatic heterocycles. The van der Waals surface area contributed by atoms with Gasteiger partial charge < -0.3 is 14.1 Å². The van der Waals surface area contributed by atoms with E-state index in [1.807, 2.05) is 43.3 Å². The Morgan fingerprint density at radius 1 is 1.14 bits per heavy atom. The van der Waals surface area contributed by atoms with Gasteiger partial charge in [0.1, 0.15) is 11.8 Å². The van der Waals surface area contributed by atoms with Gasteiger partial charge >= 0.3 is 0 Å². The molecule has 0 radical (unpaired) electrons. The molecule has 0 saturated heterocycles. The normalized spacial score (nSPS) is 13.4. The Hall–Kier alpha value is -3.52. The van der Waals surface area contributed by atoms with Crippen LogP contribution < -0.4 is 9.64 Å². The minimum atomic E-state index is 0.325. The Morgan fingerprint density at radius 2 is 1.93 bits per heavy atom. The minimum Gasteiger partial charge on any atom is -0.494 e. The first-order chi connectivity index (χ1) is 13.8. The van der Waals surface area contributed by atoms with Gasteiger partial charge in [-0.3, -0.25) is 0 Å². The number of rotatable bonds is 5. The fraction of sp³-hybridized carbons (Fsp3) is 0.217. The van der Waals surface area contributed by atoms with Crippen LogP contribution in [-0.2, 0) is 13.0 Å². The summed E-state index contributed by atoms with van der Waals surface area (Å²) in [5.41, 5.74) is 3.95. The van der Waals surface area contributed by atoms with Crippen molar-refractivity contribution in [2.24, 2.45) is 0 Å². The molecule has 2 heterocycles. The van der Waals surface area contributed by atoms with Crippen molar-refractivity contribution in [1.82, 2.24) is 4.98 Å². The van der Waals surface area contributed by atoms with E-state index in [-0.39, 0.29) is 0 Å². The lowest BCUT2D eigenvalue weighted by Crippen LogP contribution is -2.30. The first-order valence-corrected chi connectivity index (χ1v) is 9.40. The summed E-state index contributed by atoms with van der Waals surface area (Å²) in [6, 6.07) is 18.3. The van der Waals surface area contributed by atoms with Gasteiger partial charge in [-0.05, 0) is 48.2 Å². The van der Waals surface area contributed by atoms with Gasteiger partial charge in [0.05, 0.1) is 6.61 Å². The van der Waals surface area contributed by atoms with Crippen molar-refractivity contribution in [3.8, 4) is 11.8 Å². The molecule has 0 unspecified atom stereocenters. The zero-order valence-corrected chi connectivity index (χ0v) is 15.8. The number of hydrogen-bond acceptors (Lipinski definition) is 5. The monoisotopic (exact) mass is 371 g/mol. The largest absolute Gasteiger partial charge is 0.494 e. The van der Waals surface area contributed by atoms with Crippen LogP contribution in [-0.4, -0.2) is 18.1 Å². The predicted molar refractivity (Wildman–Crippen MR) is 109 cm³/mol. The van der Waals surface area contributed by atoms with Crippen molar-refractivity contribution >= 4 is 18.0 Å². The van der Waals surface area contributed by atoms with E-state index < -0.39 is 0 Å². The van der Waals surface area contributed by atoms with Gasteiger partial charge in [-0.2, -0.15) is 10.2 Å². The maximum atomic E-state index is 9.49. The number of anilines is 1. The average Bonchev–Trinajstić information content (AvgIpc) is 3.16. The molecule has 28 heavy (non-hydrogen) atoms. The molecule has 0 saturated carbocycles. The van der Waals surface area contributed by atoms with E-state index in [0.717, 1.165) is 30.8 Å². The summed E-state index contributed by atoms with van der Waals surface area (Å²) in [6.45, 7) is 4.14. The highest BCUT2D eigenvalue weighted by atomic mass is 16.5. The van der Waals surface area contributed by atoms with Crippen LogP contribution in [0.5, 0.6) is 5.75 Å². The predicted octanol–water partition coefficient (Wildman–Crippen LogP) is 4.68. The SMILES string of the molecule is CCOc1ccc(C=Cc2nc(C#N)c(N3CCc4ccccc4C3)o2)cc1. The van der Waals surface area contributed by atoms with Gasteiger partial charge in [-0.15, -0.1) is 0 Å². The molecule has 0 fully saturated rings. The standard InChI is InChI=1S/C23H21N3O2/c1-2-27-20-10-7-17(8-11-20)9-12-22-25-21(15-24)23(28-22)26-14-13-18-5-3-4-6-19(18)16-26/h3-12H,2,13-14,16H2,1H3. The summed E-state index contributed by atoms with van der Waals surface area (Å²) >= 11 is 0. The summed E-state index contributed by atoms with van der Waals surface area (Å²) in [4.78, 5) is 6.43. The maximum Gasteiger partial charge on any atom is 0.235 e. The number of hydrogen-bond donors (Lipinski definition) is 0. The Balaban J connectivity index is 1.53. The molecule has 140 valence electrons. The highest BCUT2D eigenvalue weighted by Crippen LogP contribution is 2.28. The fourth-order valence-corrected chi connectivity index (χ4v) is 3.37. The molecule has 1 aliphatic rings. The van der Waals surface area contributed by atoms with E-state index in [2.05, 4.69) is 34.2 Å². The highest BCUT2D eigenvalue weighted by Gasteiger charge is 2.23. The molecule has 3 aromatic rings. The van der Waals surface area contributed by atoms with Crippen LogP contribution in [0, 0.1) is 11.3 Å². The van der Waals surface area contributed by atoms with Crippen LogP contribution in [0.2, 0.25) is 0 Å². The van der Waals surface area contributed by atoms with Gasteiger partial charge in [0.2, 0.25) is 17.5 Å². The molecule has 1 aromatic heterocycles. The molecule has 5 heteroatoms. The molecule has 0 spiro atoms. The van der Waals surface area contributed by atoms with Crippen molar-refractivity contribution in [3.05, 3.63) is 76.8 Å². The van der Waals surface area contributed by atoms with E-state index in [9.17, 15) is 5.26 Å². The second-order valence-electron chi connectivity index (χ2n) is 6.59. The number of aromatic nitrogens is 1. The lowest BCUT2D eigenvalue weighted by molar-refractivity contribution is 0.340. The molecular formula is C23H21N3O2. The highest BCUT2D eigenvalue weighted by molar-refractivity contribution is 5.67. The number of nitrogens with zero attached hydrogens (tertiary/aromatic N) is 3. The third-order valence-corrected chi connectivity index (χ3v) is 4.76. The molecule has 0 N–H and O–H groups in total. The van der Waals surface area contributed by atoms with Crippen molar-refractivity contribution < 1.29 is 9.15 Å². The first kappa shape index (κ1) is 17.9. The molecular weight excluding hydrogens is 350 g/mol. The average molecular weight is 371 g/mol. The lowest BCUT2D eigenvalue weighted by atomic mass is 10.00. The smallest absolute Gasteiger partial charge is 0.235 e. The summed E-state index contributed by atoms with van der Waals surface area (Å²) in [5.74, 6) is 1.82. The van der Waals surface area contributed by atoms with Crippen LogP contribution in [0.1, 0.15) is 35.2 Å². The number of benzene rings is 2. The zero-order valence-electron chi connectivity index (χ0n) is 15.8. The molecule has 5 nitrogen and oxygen atoms in total. The molecule has 0 aliphatic carbocycles. The molecule has 4 rings (SSSR count). The van der Waals surface area contributed by atoms with Crippen LogP contribution in [0.3, 0.4) is 0 Å². The van der Waals surface area contributed by atoms with E-state index in [1.54, 1.807) is 6.08 Å². The zero-order chi connectivity index (χ0) is 19.3. The first-order valence-electron chi connectivity index (χ1n) is 9.40. The van der Waals surface area contributed by atoms with Crippen molar-refractivity contribution in [3.63, 3.8) is 0 Å². The second kappa shape index (κ2) is 8.01. The van der Waals surface area contributed by atoms with Gasteiger partial charge in [0.25, 0.3) is 0 Å². The Morgan fingerprint density at radius 3 is 2.68 bits per heavy atom. The third-order valence-electron chi connectivity index (χ3n) is 4.76. The third kappa shape index (κ3) is 3.77. The topological polar surface area (TPSA) is 62.3 Å². The Bertz CT molecular complexity index is 1030. The quantitative estimate of drug-likeness (QED) is 0.652. The van der Waals surface area contributed by atoms with Crippen LogP contribution >= 0.6 is 0 Å². The fourth-order valence-electron chi connectivity index (χ4n) is 3.37. The molecule has 2 aromatic carbocycles. The Labute approximate surface area is 164 Å². The number of ether oxygens (including phenoxy) is 1.